The van der Waals surface area contributed by atoms with Gasteiger partial charge in [0.2, 0.25) is 5.95 Å². The molecular formula is C22H26N6O. The standard InChI is InChI=1S/C22H26N6O/c1-2-27-12-14-28(15-13-27)19-10-8-18(9-11-19)23-22-24-21(29)20(25-26-22)16-17-6-4-3-5-7-17/h3-11H,2,12-16H2,1H3,(H2,23,24,26,29). The van der Waals surface area contributed by atoms with Crippen molar-refractivity contribution < 1.29 is 0 Å². The molecule has 0 bridgehead atoms. The summed E-state index contributed by atoms with van der Waals surface area (Å²) in [6.45, 7) is 7.60. The van der Waals surface area contributed by atoms with Gasteiger partial charge in [0.15, 0.2) is 0 Å². The molecule has 150 valence electrons. The molecule has 0 saturated carbocycles. The molecule has 7 heteroatoms. The van der Waals surface area contributed by atoms with E-state index in [1.807, 2.05) is 42.5 Å². The molecule has 2 aromatic carbocycles. The van der Waals surface area contributed by atoms with Crippen LogP contribution < -0.4 is 15.8 Å². The van der Waals surface area contributed by atoms with Gasteiger partial charge in [0.1, 0.15) is 5.69 Å². The van der Waals surface area contributed by atoms with E-state index in [9.17, 15) is 4.79 Å². The molecule has 1 aliphatic heterocycles. The van der Waals surface area contributed by atoms with E-state index in [-0.39, 0.29) is 5.56 Å². The summed E-state index contributed by atoms with van der Waals surface area (Å²) in [5, 5.41) is 11.4. The monoisotopic (exact) mass is 390 g/mol. The van der Waals surface area contributed by atoms with Crippen LogP contribution in [0, 0.1) is 0 Å². The summed E-state index contributed by atoms with van der Waals surface area (Å²) in [7, 11) is 0. The molecule has 0 unspecified atom stereocenters. The lowest BCUT2D eigenvalue weighted by atomic mass is 10.1. The SMILES string of the molecule is CCN1CCN(c2ccc(Nc3nnc(Cc4ccccc4)c(=O)[nH]3)cc2)CC1. The van der Waals surface area contributed by atoms with Crippen molar-refractivity contribution in [1.29, 1.82) is 0 Å². The van der Waals surface area contributed by atoms with Gasteiger partial charge >= 0.3 is 0 Å². The van der Waals surface area contributed by atoms with Gasteiger partial charge in [-0.3, -0.25) is 9.78 Å². The van der Waals surface area contributed by atoms with E-state index < -0.39 is 0 Å². The lowest BCUT2D eigenvalue weighted by Gasteiger charge is -2.35. The van der Waals surface area contributed by atoms with Crippen molar-refractivity contribution in [3.8, 4) is 0 Å². The number of hydrogen-bond donors (Lipinski definition) is 2. The summed E-state index contributed by atoms with van der Waals surface area (Å²) < 4.78 is 0. The number of H-pyrrole nitrogens is 1. The number of rotatable bonds is 6. The van der Waals surface area contributed by atoms with Crippen molar-refractivity contribution in [3.05, 3.63) is 76.2 Å². The van der Waals surface area contributed by atoms with Gasteiger partial charge in [0.05, 0.1) is 0 Å². The second-order valence-electron chi connectivity index (χ2n) is 7.20. The smallest absolute Gasteiger partial charge is 0.274 e. The molecule has 2 N–H and O–H groups in total. The highest BCUT2D eigenvalue weighted by atomic mass is 16.1. The number of piperazine rings is 1. The second kappa shape index (κ2) is 8.87. The molecule has 0 amide bonds. The second-order valence-corrected chi connectivity index (χ2v) is 7.20. The van der Waals surface area contributed by atoms with Crippen LogP contribution in [0.5, 0.6) is 0 Å². The Hall–Kier alpha value is -3.19. The lowest BCUT2D eigenvalue weighted by molar-refractivity contribution is 0.271. The Labute approximate surface area is 170 Å². The number of aromatic nitrogens is 3. The zero-order valence-electron chi connectivity index (χ0n) is 16.6. The normalized spacial score (nSPS) is 14.7. The highest BCUT2D eigenvalue weighted by Crippen LogP contribution is 2.20. The maximum atomic E-state index is 12.3. The van der Waals surface area contributed by atoms with Crippen molar-refractivity contribution in [2.45, 2.75) is 13.3 Å². The Morgan fingerprint density at radius 3 is 2.34 bits per heavy atom. The number of aromatic amines is 1. The fourth-order valence-electron chi connectivity index (χ4n) is 3.54. The van der Waals surface area contributed by atoms with Gasteiger partial charge in [-0.15, -0.1) is 10.2 Å². The van der Waals surface area contributed by atoms with Crippen LogP contribution in [0.4, 0.5) is 17.3 Å². The van der Waals surface area contributed by atoms with Crippen LogP contribution in [-0.4, -0.2) is 52.8 Å². The molecule has 29 heavy (non-hydrogen) atoms. The molecule has 1 saturated heterocycles. The first-order valence-electron chi connectivity index (χ1n) is 10.1. The molecule has 4 rings (SSSR count). The molecule has 1 aromatic heterocycles. The number of hydrogen-bond acceptors (Lipinski definition) is 6. The first-order chi connectivity index (χ1) is 14.2. The van der Waals surface area contributed by atoms with Crippen LogP contribution in [-0.2, 0) is 6.42 Å². The molecule has 2 heterocycles. The number of nitrogens with one attached hydrogen (secondary N) is 2. The highest BCUT2D eigenvalue weighted by Gasteiger charge is 2.15. The minimum Gasteiger partial charge on any atom is -0.369 e. The minimum absolute atomic E-state index is 0.225. The van der Waals surface area contributed by atoms with Crippen LogP contribution >= 0.6 is 0 Å². The van der Waals surface area contributed by atoms with E-state index in [0.717, 1.165) is 44.0 Å². The van der Waals surface area contributed by atoms with Gasteiger partial charge in [-0.1, -0.05) is 37.3 Å². The van der Waals surface area contributed by atoms with Crippen molar-refractivity contribution in [1.82, 2.24) is 20.1 Å². The fraction of sp³-hybridized carbons (Fsp3) is 0.318. The molecule has 0 spiro atoms. The number of anilines is 3. The van der Waals surface area contributed by atoms with E-state index in [1.165, 1.54) is 5.69 Å². The Bertz CT molecular complexity index is 978. The molecule has 3 aromatic rings. The molecular weight excluding hydrogens is 364 g/mol. The Balaban J connectivity index is 1.39. The zero-order valence-corrected chi connectivity index (χ0v) is 16.6. The van der Waals surface area contributed by atoms with Crippen LogP contribution in [0.3, 0.4) is 0 Å². The largest absolute Gasteiger partial charge is 0.369 e. The van der Waals surface area contributed by atoms with Crippen LogP contribution in [0.15, 0.2) is 59.4 Å². The van der Waals surface area contributed by atoms with Crippen molar-refractivity contribution in [3.63, 3.8) is 0 Å². The summed E-state index contributed by atoms with van der Waals surface area (Å²) >= 11 is 0. The summed E-state index contributed by atoms with van der Waals surface area (Å²) in [6, 6.07) is 18.0. The summed E-state index contributed by atoms with van der Waals surface area (Å²) in [4.78, 5) is 20.0. The first-order valence-corrected chi connectivity index (χ1v) is 10.1. The van der Waals surface area contributed by atoms with Crippen LogP contribution in [0.1, 0.15) is 18.2 Å². The third-order valence-electron chi connectivity index (χ3n) is 5.29. The Kier molecular flexibility index (Phi) is 5.86. The van der Waals surface area contributed by atoms with E-state index in [4.69, 9.17) is 0 Å². The van der Waals surface area contributed by atoms with E-state index in [0.29, 0.717) is 18.1 Å². The fourth-order valence-corrected chi connectivity index (χ4v) is 3.54. The predicted molar refractivity (Wildman–Crippen MR) is 116 cm³/mol. The van der Waals surface area contributed by atoms with E-state index in [2.05, 4.69) is 49.4 Å². The van der Waals surface area contributed by atoms with Gasteiger partial charge in [-0.25, -0.2) is 0 Å². The number of likely N-dealkylation sites (N-methyl/N-ethyl adjacent to an activating group) is 1. The van der Waals surface area contributed by atoms with Crippen LogP contribution in [0.2, 0.25) is 0 Å². The lowest BCUT2D eigenvalue weighted by Crippen LogP contribution is -2.46. The average Bonchev–Trinajstić information content (AvgIpc) is 2.77. The zero-order chi connectivity index (χ0) is 20.1. The van der Waals surface area contributed by atoms with Gasteiger partial charge in [0, 0.05) is 44.0 Å². The van der Waals surface area contributed by atoms with Crippen molar-refractivity contribution in [2.75, 3.05) is 42.9 Å². The molecule has 0 aliphatic carbocycles. The Morgan fingerprint density at radius 1 is 0.966 bits per heavy atom. The topological polar surface area (TPSA) is 77.2 Å². The van der Waals surface area contributed by atoms with Crippen molar-refractivity contribution in [2.24, 2.45) is 0 Å². The van der Waals surface area contributed by atoms with Crippen LogP contribution in [0.25, 0.3) is 0 Å². The first kappa shape index (κ1) is 19.1. The van der Waals surface area contributed by atoms with Crippen molar-refractivity contribution >= 4 is 17.3 Å². The van der Waals surface area contributed by atoms with E-state index in [1.54, 1.807) is 0 Å². The minimum atomic E-state index is -0.225. The maximum absolute atomic E-state index is 12.3. The number of benzene rings is 2. The quantitative estimate of drug-likeness (QED) is 0.674. The molecule has 0 radical (unpaired) electrons. The summed E-state index contributed by atoms with van der Waals surface area (Å²) in [5.74, 6) is 0.344. The molecule has 1 fully saturated rings. The molecule has 7 nitrogen and oxygen atoms in total. The third-order valence-corrected chi connectivity index (χ3v) is 5.29. The van der Waals surface area contributed by atoms with Gasteiger partial charge in [0.25, 0.3) is 5.56 Å². The molecule has 1 aliphatic rings. The number of nitrogens with zero attached hydrogens (tertiary/aromatic N) is 4. The van der Waals surface area contributed by atoms with Gasteiger partial charge in [-0.2, -0.15) is 0 Å². The van der Waals surface area contributed by atoms with Gasteiger partial charge in [-0.05, 0) is 36.4 Å². The molecule has 0 atom stereocenters. The van der Waals surface area contributed by atoms with Gasteiger partial charge < -0.3 is 15.1 Å². The predicted octanol–water partition coefficient (Wildman–Crippen LogP) is 2.64. The highest BCUT2D eigenvalue weighted by molar-refractivity contribution is 5.59. The summed E-state index contributed by atoms with van der Waals surface area (Å²) in [6.07, 6.45) is 0.462. The Morgan fingerprint density at radius 2 is 1.69 bits per heavy atom. The average molecular weight is 390 g/mol. The maximum Gasteiger partial charge on any atom is 0.274 e. The summed E-state index contributed by atoms with van der Waals surface area (Å²) in [5.41, 5.74) is 3.29. The third kappa shape index (κ3) is 4.81. The van der Waals surface area contributed by atoms with E-state index >= 15 is 0 Å².